The Balaban J connectivity index is 1.08. The van der Waals surface area contributed by atoms with E-state index in [4.69, 9.17) is 16.3 Å². The third-order valence-corrected chi connectivity index (χ3v) is 7.47. The van der Waals surface area contributed by atoms with Crippen molar-refractivity contribution in [1.29, 1.82) is 0 Å². The van der Waals surface area contributed by atoms with Crippen LogP contribution in [0, 0.1) is 17.7 Å². The van der Waals surface area contributed by atoms with Gasteiger partial charge in [0.25, 0.3) is 0 Å². The number of benzene rings is 1. The highest BCUT2D eigenvalue weighted by atomic mass is 35.5. The van der Waals surface area contributed by atoms with Crippen LogP contribution < -0.4 is 5.32 Å². The maximum atomic E-state index is 13.3. The molecule has 4 aliphatic rings. The minimum atomic E-state index is -0.379. The molecule has 0 bridgehead atoms. The second-order valence-corrected chi connectivity index (χ2v) is 9.49. The van der Waals surface area contributed by atoms with E-state index in [1.165, 1.54) is 12.1 Å². The van der Waals surface area contributed by atoms with Crippen molar-refractivity contribution in [3.8, 4) is 5.69 Å². The van der Waals surface area contributed by atoms with Crippen LogP contribution in [0.2, 0.25) is 5.02 Å². The highest BCUT2D eigenvalue weighted by molar-refractivity contribution is 6.32. The van der Waals surface area contributed by atoms with Gasteiger partial charge in [0.15, 0.2) is 0 Å². The van der Waals surface area contributed by atoms with Crippen molar-refractivity contribution in [1.82, 2.24) is 24.9 Å². The minimum Gasteiger partial charge on any atom is -0.366 e. The van der Waals surface area contributed by atoms with Crippen molar-refractivity contribution in [3.63, 3.8) is 0 Å². The molecule has 1 saturated carbocycles. The first kappa shape index (κ1) is 20.0. The summed E-state index contributed by atoms with van der Waals surface area (Å²) in [5.74, 6) is 0.640. The molecule has 3 saturated heterocycles. The van der Waals surface area contributed by atoms with Crippen molar-refractivity contribution < 1.29 is 18.7 Å². The predicted molar refractivity (Wildman–Crippen MR) is 113 cm³/mol. The second-order valence-electron chi connectivity index (χ2n) is 9.08. The topological polar surface area (TPSA) is 79.7 Å². The highest BCUT2D eigenvalue weighted by Gasteiger charge is 2.58. The van der Waals surface area contributed by atoms with Crippen LogP contribution in [-0.4, -0.2) is 76.5 Å². The van der Waals surface area contributed by atoms with Gasteiger partial charge < -0.3 is 19.9 Å². The number of nitrogens with one attached hydrogen (secondary N) is 1. The summed E-state index contributed by atoms with van der Waals surface area (Å²) in [5.41, 5.74) is 1.62. The van der Waals surface area contributed by atoms with E-state index in [9.17, 15) is 14.0 Å². The average Bonchev–Trinajstić information content (AvgIpc) is 3.12. The summed E-state index contributed by atoms with van der Waals surface area (Å²) in [6.07, 6.45) is 2.58. The van der Waals surface area contributed by atoms with Crippen molar-refractivity contribution in [2.75, 3.05) is 32.8 Å². The Morgan fingerprint density at radius 3 is 2.78 bits per heavy atom. The van der Waals surface area contributed by atoms with Crippen LogP contribution in [0.25, 0.3) is 5.69 Å². The zero-order chi connectivity index (χ0) is 22.0. The fourth-order valence-electron chi connectivity index (χ4n) is 5.51. The lowest BCUT2D eigenvalue weighted by Crippen LogP contribution is -2.62. The summed E-state index contributed by atoms with van der Waals surface area (Å²) >= 11 is 6.16. The highest BCUT2D eigenvalue weighted by Crippen LogP contribution is 2.57. The number of amides is 3. The van der Waals surface area contributed by atoms with Crippen LogP contribution in [0.4, 0.5) is 9.18 Å². The first-order valence-corrected chi connectivity index (χ1v) is 11.3. The van der Waals surface area contributed by atoms with Crippen LogP contribution >= 0.6 is 11.6 Å². The molecule has 4 atom stereocenters. The maximum Gasteiger partial charge on any atom is 0.320 e. The zero-order valence-electron chi connectivity index (χ0n) is 17.3. The largest absolute Gasteiger partial charge is 0.366 e. The quantitative estimate of drug-likeness (QED) is 0.745. The summed E-state index contributed by atoms with van der Waals surface area (Å²) in [5, 5.41) is 7.93. The molecule has 4 heterocycles. The molecular formula is C22H23ClFN5O3. The van der Waals surface area contributed by atoms with Gasteiger partial charge in [-0.1, -0.05) is 11.6 Å². The standard InChI is InChI=1S/C22H23ClFN5O3/c23-15-7-12(24)1-2-18(15)29-6-3-16(26-29)21-13-8-28(9-14(13)21)22(31)27-5-4-19-17(10-27)25-20(30)11-32-19/h1-3,6-7,13-14,17,19,21H,4-5,8-11H2,(H,25,30)/t13?,14?,17-,19+,21?/m1/s1. The molecule has 1 aromatic carbocycles. The summed E-state index contributed by atoms with van der Waals surface area (Å²) in [7, 11) is 0. The number of rotatable bonds is 2. The molecule has 3 aliphatic heterocycles. The molecule has 1 aromatic heterocycles. The van der Waals surface area contributed by atoms with E-state index < -0.39 is 0 Å². The Hall–Kier alpha value is -2.65. The van der Waals surface area contributed by atoms with Gasteiger partial charge in [0.05, 0.1) is 28.5 Å². The summed E-state index contributed by atoms with van der Waals surface area (Å²) in [4.78, 5) is 28.4. The molecule has 1 aliphatic carbocycles. The molecule has 3 amide bonds. The number of urea groups is 1. The normalized spacial score (nSPS) is 31.2. The van der Waals surface area contributed by atoms with E-state index in [0.717, 1.165) is 12.1 Å². The monoisotopic (exact) mass is 459 g/mol. The molecule has 4 fully saturated rings. The number of carbonyl (C=O) groups is 2. The van der Waals surface area contributed by atoms with E-state index in [-0.39, 0.29) is 36.5 Å². The third-order valence-electron chi connectivity index (χ3n) is 7.17. The number of nitrogens with zero attached hydrogens (tertiary/aromatic N) is 4. The Bertz CT molecular complexity index is 1080. The number of ether oxygens (including phenoxy) is 1. The van der Waals surface area contributed by atoms with Crippen molar-refractivity contribution in [3.05, 3.63) is 47.0 Å². The molecule has 0 radical (unpaired) electrons. The number of carbonyl (C=O) groups excluding carboxylic acids is 2. The smallest absolute Gasteiger partial charge is 0.320 e. The van der Waals surface area contributed by atoms with E-state index in [2.05, 4.69) is 10.4 Å². The van der Waals surface area contributed by atoms with Crippen molar-refractivity contribution in [2.45, 2.75) is 24.5 Å². The molecule has 32 heavy (non-hydrogen) atoms. The summed E-state index contributed by atoms with van der Waals surface area (Å²) < 4.78 is 20.6. The molecule has 1 N–H and O–H groups in total. The molecule has 168 valence electrons. The Labute approximate surface area is 189 Å². The number of hydrogen-bond acceptors (Lipinski definition) is 4. The van der Waals surface area contributed by atoms with Crippen molar-refractivity contribution in [2.24, 2.45) is 11.8 Å². The minimum absolute atomic E-state index is 0.00201. The van der Waals surface area contributed by atoms with Gasteiger partial charge in [0.2, 0.25) is 5.91 Å². The molecule has 2 aromatic rings. The Morgan fingerprint density at radius 1 is 1.19 bits per heavy atom. The van der Waals surface area contributed by atoms with Gasteiger partial charge >= 0.3 is 6.03 Å². The van der Waals surface area contributed by atoms with E-state index in [0.29, 0.717) is 54.6 Å². The van der Waals surface area contributed by atoms with E-state index in [1.54, 1.807) is 10.7 Å². The second kappa shape index (κ2) is 7.45. The van der Waals surface area contributed by atoms with Gasteiger partial charge in [-0.3, -0.25) is 4.79 Å². The van der Waals surface area contributed by atoms with Crippen LogP contribution in [0.3, 0.4) is 0 Å². The zero-order valence-corrected chi connectivity index (χ0v) is 18.0. The molecule has 2 unspecified atom stereocenters. The number of piperidine rings is 2. The first-order chi connectivity index (χ1) is 15.5. The molecular weight excluding hydrogens is 437 g/mol. The number of hydrogen-bond donors (Lipinski definition) is 1. The lowest BCUT2D eigenvalue weighted by molar-refractivity contribution is -0.139. The molecule has 0 spiro atoms. The Kier molecular flexibility index (Phi) is 4.65. The number of likely N-dealkylation sites (tertiary alicyclic amines) is 2. The number of morpholine rings is 1. The summed E-state index contributed by atoms with van der Waals surface area (Å²) in [6, 6.07) is 6.16. The Morgan fingerprint density at radius 2 is 2.00 bits per heavy atom. The van der Waals surface area contributed by atoms with E-state index >= 15 is 0 Å². The van der Waals surface area contributed by atoms with Gasteiger partial charge in [-0.15, -0.1) is 0 Å². The van der Waals surface area contributed by atoms with Crippen LogP contribution in [0.5, 0.6) is 0 Å². The van der Waals surface area contributed by atoms with Gasteiger partial charge in [0.1, 0.15) is 12.4 Å². The predicted octanol–water partition coefficient (Wildman–Crippen LogP) is 2.02. The van der Waals surface area contributed by atoms with E-state index in [1.807, 2.05) is 22.1 Å². The molecule has 10 heteroatoms. The SMILES string of the molecule is O=C1CO[C@H]2CCN(C(=O)N3CC4C(C3)C4c3ccn(-c4ccc(F)cc4Cl)n3)C[C@H]2N1. The fraction of sp³-hybridized carbons (Fsp3) is 0.500. The number of fused-ring (bicyclic) bond motifs is 2. The number of aromatic nitrogens is 2. The van der Waals surface area contributed by atoms with Gasteiger partial charge in [-0.25, -0.2) is 13.9 Å². The third kappa shape index (κ3) is 3.34. The molecule has 6 rings (SSSR count). The maximum absolute atomic E-state index is 13.3. The number of halogens is 2. The van der Waals surface area contributed by atoms with Crippen LogP contribution in [0.1, 0.15) is 18.0 Å². The van der Waals surface area contributed by atoms with Crippen LogP contribution in [0.15, 0.2) is 30.5 Å². The van der Waals surface area contributed by atoms with Crippen LogP contribution in [-0.2, 0) is 9.53 Å². The van der Waals surface area contributed by atoms with Gasteiger partial charge in [-0.05, 0) is 42.5 Å². The fourth-order valence-corrected chi connectivity index (χ4v) is 5.77. The average molecular weight is 460 g/mol. The lowest BCUT2D eigenvalue weighted by atomic mass is 10.0. The lowest BCUT2D eigenvalue weighted by Gasteiger charge is -2.42. The van der Waals surface area contributed by atoms with Crippen molar-refractivity contribution >= 4 is 23.5 Å². The van der Waals surface area contributed by atoms with Gasteiger partial charge in [0, 0.05) is 38.3 Å². The molecule has 8 nitrogen and oxygen atoms in total. The van der Waals surface area contributed by atoms with Gasteiger partial charge in [-0.2, -0.15) is 5.10 Å². The summed E-state index contributed by atoms with van der Waals surface area (Å²) in [6.45, 7) is 2.67. The first-order valence-electron chi connectivity index (χ1n) is 10.9.